The summed E-state index contributed by atoms with van der Waals surface area (Å²) in [4.78, 5) is 10.3. The lowest BCUT2D eigenvalue weighted by molar-refractivity contribution is -0.0979. The van der Waals surface area contributed by atoms with E-state index in [9.17, 15) is 0 Å². The van der Waals surface area contributed by atoms with Gasteiger partial charge in [0, 0.05) is 12.6 Å². The highest BCUT2D eigenvalue weighted by Gasteiger charge is 2.14. The zero-order valence-electron chi connectivity index (χ0n) is 15.7. The smallest absolute Gasteiger partial charge is 0.106 e. The van der Waals surface area contributed by atoms with Crippen LogP contribution in [0.25, 0.3) is 0 Å². The van der Waals surface area contributed by atoms with Gasteiger partial charge < -0.3 is 15.0 Å². The Morgan fingerprint density at radius 1 is 1.23 bits per heavy atom. The number of nitrogens with zero attached hydrogens (tertiary/aromatic N) is 1. The Morgan fingerprint density at radius 2 is 1.82 bits per heavy atom. The summed E-state index contributed by atoms with van der Waals surface area (Å²) < 4.78 is 0. The predicted octanol–water partition coefficient (Wildman–Crippen LogP) is 3.62. The standard InChI is InChI=1S/C10H14.C6H14N2.C2H6.CH2O/c1-4-10-7-8(2)5-6-9(10)3;1-8(2)6-3-4-7-5-6;2*1-2/h5-7H,4H2,1-3H3;6-7H,3-5H2,1-2H3;1-2H3;1H2. The van der Waals surface area contributed by atoms with Gasteiger partial charge in [-0.15, -0.1) is 0 Å². The Labute approximate surface area is 138 Å². The third-order valence-corrected chi connectivity index (χ3v) is 3.65. The molecule has 1 aromatic rings. The highest BCUT2D eigenvalue weighted by atomic mass is 16.1. The monoisotopic (exact) mass is 308 g/mol. The fourth-order valence-corrected chi connectivity index (χ4v) is 2.26. The van der Waals surface area contributed by atoms with Gasteiger partial charge in [0.15, 0.2) is 0 Å². The van der Waals surface area contributed by atoms with E-state index in [-0.39, 0.29) is 0 Å². The number of rotatable bonds is 2. The Hall–Kier alpha value is -1.19. The Kier molecular flexibility index (Phi) is 15.5. The molecule has 1 unspecified atom stereocenters. The minimum Gasteiger partial charge on any atom is -0.315 e. The lowest BCUT2D eigenvalue weighted by Crippen LogP contribution is -2.29. The van der Waals surface area contributed by atoms with Gasteiger partial charge in [0.2, 0.25) is 0 Å². The highest BCUT2D eigenvalue weighted by Crippen LogP contribution is 2.10. The number of benzene rings is 1. The molecule has 0 saturated carbocycles. The minimum absolute atomic E-state index is 0.787. The second kappa shape index (κ2) is 14.7. The Morgan fingerprint density at radius 3 is 2.14 bits per heavy atom. The van der Waals surface area contributed by atoms with Crippen molar-refractivity contribution < 1.29 is 4.79 Å². The SMILES string of the molecule is C=O.CC.CCc1cc(C)ccc1C.CN(C)C1CCNC1. The third-order valence-electron chi connectivity index (χ3n) is 3.65. The molecule has 1 aliphatic rings. The van der Waals surface area contributed by atoms with Gasteiger partial charge in [-0.05, 0) is 58.5 Å². The fraction of sp³-hybridized carbons (Fsp3) is 0.632. The molecular weight excluding hydrogens is 272 g/mol. The van der Waals surface area contributed by atoms with Crippen molar-refractivity contribution in [2.75, 3.05) is 27.2 Å². The molecule has 1 heterocycles. The number of carbonyl (C=O) groups excluding carboxylic acids is 1. The van der Waals surface area contributed by atoms with Crippen molar-refractivity contribution >= 4 is 6.79 Å². The van der Waals surface area contributed by atoms with Gasteiger partial charge in [0.1, 0.15) is 6.79 Å². The predicted molar refractivity (Wildman–Crippen MR) is 98.7 cm³/mol. The fourth-order valence-electron chi connectivity index (χ4n) is 2.26. The average molecular weight is 309 g/mol. The van der Waals surface area contributed by atoms with Crippen LogP contribution in [-0.2, 0) is 11.2 Å². The van der Waals surface area contributed by atoms with E-state index in [4.69, 9.17) is 4.79 Å². The second-order valence-electron chi connectivity index (χ2n) is 5.39. The summed E-state index contributed by atoms with van der Waals surface area (Å²) in [6.45, 7) is 14.9. The van der Waals surface area contributed by atoms with Crippen LogP contribution in [0.5, 0.6) is 0 Å². The molecule has 1 aliphatic heterocycles. The van der Waals surface area contributed by atoms with E-state index in [2.05, 4.69) is 63.3 Å². The molecule has 3 heteroatoms. The van der Waals surface area contributed by atoms with E-state index in [1.165, 1.54) is 36.2 Å². The van der Waals surface area contributed by atoms with E-state index < -0.39 is 0 Å². The topological polar surface area (TPSA) is 32.3 Å². The lowest BCUT2D eigenvalue weighted by Gasteiger charge is -2.16. The Bertz CT molecular complexity index is 372. The van der Waals surface area contributed by atoms with Crippen LogP contribution in [0.3, 0.4) is 0 Å². The van der Waals surface area contributed by atoms with Crippen molar-refractivity contribution in [3.63, 3.8) is 0 Å². The molecule has 3 nitrogen and oxygen atoms in total. The summed E-state index contributed by atoms with van der Waals surface area (Å²) in [6, 6.07) is 7.40. The first kappa shape index (κ1) is 23.1. The zero-order valence-corrected chi connectivity index (χ0v) is 15.7. The normalized spacial score (nSPS) is 15.7. The van der Waals surface area contributed by atoms with Gasteiger partial charge in [-0.1, -0.05) is 44.5 Å². The first-order chi connectivity index (χ1) is 10.5. The van der Waals surface area contributed by atoms with Gasteiger partial charge in [0.05, 0.1) is 0 Å². The number of likely N-dealkylation sites (N-methyl/N-ethyl adjacent to an activating group) is 1. The van der Waals surface area contributed by atoms with Crippen LogP contribution >= 0.6 is 0 Å². The molecule has 2 rings (SSSR count). The highest BCUT2D eigenvalue weighted by molar-refractivity contribution is 5.30. The third kappa shape index (κ3) is 9.69. The second-order valence-corrected chi connectivity index (χ2v) is 5.39. The van der Waals surface area contributed by atoms with Crippen molar-refractivity contribution in [2.45, 2.75) is 53.5 Å². The molecular formula is C19H36N2O. The number of hydrogen-bond acceptors (Lipinski definition) is 3. The van der Waals surface area contributed by atoms with Crippen LogP contribution in [0.4, 0.5) is 0 Å². The maximum Gasteiger partial charge on any atom is 0.106 e. The van der Waals surface area contributed by atoms with Gasteiger partial charge >= 0.3 is 0 Å². The Balaban J connectivity index is 0. The van der Waals surface area contributed by atoms with Crippen LogP contribution in [0.2, 0.25) is 0 Å². The van der Waals surface area contributed by atoms with Crippen molar-refractivity contribution in [2.24, 2.45) is 0 Å². The van der Waals surface area contributed by atoms with Gasteiger partial charge in [-0.25, -0.2) is 0 Å². The van der Waals surface area contributed by atoms with Crippen molar-refractivity contribution in [1.82, 2.24) is 10.2 Å². The zero-order chi connectivity index (χ0) is 17.5. The summed E-state index contributed by atoms with van der Waals surface area (Å²) in [7, 11) is 4.27. The molecule has 22 heavy (non-hydrogen) atoms. The van der Waals surface area contributed by atoms with E-state index in [0.717, 1.165) is 12.5 Å². The molecule has 1 aromatic carbocycles. The van der Waals surface area contributed by atoms with Crippen LogP contribution < -0.4 is 5.32 Å². The summed E-state index contributed by atoms with van der Waals surface area (Å²) in [5.41, 5.74) is 4.25. The summed E-state index contributed by atoms with van der Waals surface area (Å²) in [6.07, 6.45) is 2.46. The van der Waals surface area contributed by atoms with Crippen LogP contribution in [-0.4, -0.2) is 44.9 Å². The van der Waals surface area contributed by atoms with Crippen molar-refractivity contribution in [1.29, 1.82) is 0 Å². The molecule has 0 amide bonds. The first-order valence-electron chi connectivity index (χ1n) is 8.26. The molecule has 128 valence electrons. The molecule has 1 saturated heterocycles. The molecule has 0 aliphatic carbocycles. The number of hydrogen-bond donors (Lipinski definition) is 1. The molecule has 0 aromatic heterocycles. The number of nitrogens with one attached hydrogen (secondary N) is 1. The summed E-state index contributed by atoms with van der Waals surface area (Å²) in [5.74, 6) is 0. The maximum absolute atomic E-state index is 8.00. The van der Waals surface area contributed by atoms with Crippen LogP contribution in [0.1, 0.15) is 43.9 Å². The quantitative estimate of drug-likeness (QED) is 0.905. The summed E-state index contributed by atoms with van der Waals surface area (Å²) in [5, 5.41) is 3.31. The van der Waals surface area contributed by atoms with E-state index in [1.54, 1.807) is 0 Å². The van der Waals surface area contributed by atoms with Gasteiger partial charge in [-0.2, -0.15) is 0 Å². The maximum atomic E-state index is 8.00. The number of aryl methyl sites for hydroxylation is 3. The number of carbonyl (C=O) groups is 1. The molecule has 0 spiro atoms. The first-order valence-corrected chi connectivity index (χ1v) is 8.26. The van der Waals surface area contributed by atoms with Crippen molar-refractivity contribution in [3.8, 4) is 0 Å². The molecule has 0 bridgehead atoms. The molecule has 1 fully saturated rings. The largest absolute Gasteiger partial charge is 0.315 e. The van der Waals surface area contributed by atoms with E-state index >= 15 is 0 Å². The average Bonchev–Trinajstić information content (AvgIpc) is 3.09. The van der Waals surface area contributed by atoms with Gasteiger partial charge in [-0.3, -0.25) is 0 Å². The van der Waals surface area contributed by atoms with Crippen molar-refractivity contribution in [3.05, 3.63) is 34.9 Å². The molecule has 0 radical (unpaired) electrons. The molecule has 1 N–H and O–H groups in total. The lowest BCUT2D eigenvalue weighted by atomic mass is 10.0. The van der Waals surface area contributed by atoms with Gasteiger partial charge in [0.25, 0.3) is 0 Å². The molecule has 1 atom stereocenters. The van der Waals surface area contributed by atoms with Crippen LogP contribution in [0.15, 0.2) is 18.2 Å². The van der Waals surface area contributed by atoms with Crippen LogP contribution in [0, 0.1) is 13.8 Å². The van der Waals surface area contributed by atoms with E-state index in [0.29, 0.717) is 0 Å². The van der Waals surface area contributed by atoms with E-state index in [1.807, 2.05) is 20.6 Å². The summed E-state index contributed by atoms with van der Waals surface area (Å²) >= 11 is 0. The minimum atomic E-state index is 0.787.